The number of rotatable bonds is 7. The van der Waals surface area contributed by atoms with Crippen LogP contribution < -0.4 is 16.1 Å². The maximum atomic E-state index is 12.2. The number of nitrogens with one attached hydrogen (secondary N) is 1. The van der Waals surface area contributed by atoms with Gasteiger partial charge < -0.3 is 16.1 Å². The van der Waals surface area contributed by atoms with Gasteiger partial charge >= 0.3 is 0 Å². The van der Waals surface area contributed by atoms with Gasteiger partial charge in [-0.25, -0.2) is 9.36 Å². The minimum atomic E-state index is -0.0997. The van der Waals surface area contributed by atoms with Gasteiger partial charge in [-0.05, 0) is 37.6 Å². The Morgan fingerprint density at radius 3 is 2.54 bits per heavy atom. The van der Waals surface area contributed by atoms with Crippen molar-refractivity contribution in [3.8, 4) is 5.95 Å². The molecule has 1 aromatic carbocycles. The van der Waals surface area contributed by atoms with Crippen molar-refractivity contribution in [3.05, 3.63) is 47.3 Å². The van der Waals surface area contributed by atoms with Crippen LogP contribution in [0, 0.1) is 13.8 Å². The molecule has 3 N–H and O–H groups in total. The molecule has 3 aromatic rings. The molecule has 2 aromatic heterocycles. The van der Waals surface area contributed by atoms with Crippen LogP contribution in [0.3, 0.4) is 0 Å². The van der Waals surface area contributed by atoms with E-state index in [1.165, 1.54) is 16.4 Å². The summed E-state index contributed by atoms with van der Waals surface area (Å²) in [5, 5.41) is 15.9. The summed E-state index contributed by atoms with van der Waals surface area (Å²) in [6.45, 7) is 4.29. The predicted molar refractivity (Wildman–Crippen MR) is 110 cm³/mol. The molecule has 0 bridgehead atoms. The molecule has 0 aliphatic carbocycles. The third kappa shape index (κ3) is 4.45. The van der Waals surface area contributed by atoms with Crippen molar-refractivity contribution >= 4 is 23.4 Å². The molecule has 148 valence electrons. The van der Waals surface area contributed by atoms with Gasteiger partial charge in [-0.2, -0.15) is 5.10 Å². The van der Waals surface area contributed by atoms with Crippen molar-refractivity contribution in [2.24, 2.45) is 0 Å². The van der Waals surface area contributed by atoms with E-state index < -0.39 is 0 Å². The van der Waals surface area contributed by atoms with Crippen LogP contribution >= 0.6 is 11.8 Å². The van der Waals surface area contributed by atoms with Crippen LogP contribution in [-0.4, -0.2) is 50.4 Å². The van der Waals surface area contributed by atoms with Crippen molar-refractivity contribution in [1.82, 2.24) is 30.0 Å². The second-order valence-corrected chi connectivity index (χ2v) is 7.56. The highest BCUT2D eigenvalue weighted by Gasteiger charge is 2.16. The number of thioether (sulfide) groups is 1. The van der Waals surface area contributed by atoms with Crippen molar-refractivity contribution in [1.29, 1.82) is 0 Å². The standard InChI is InChI=1S/C18H24N8OS/c1-12-9-13(2)26(23-12)17-21-22-18(25(17)19)28-11-16(27)20-10-14-5-7-15(8-6-14)24(3)4/h5-9H,10-11,19H2,1-4H3,(H,20,27). The predicted octanol–water partition coefficient (Wildman–Crippen LogP) is 1.27. The number of amides is 1. The lowest BCUT2D eigenvalue weighted by molar-refractivity contribution is -0.118. The number of aromatic nitrogens is 5. The topological polar surface area (TPSA) is 107 Å². The van der Waals surface area contributed by atoms with E-state index in [-0.39, 0.29) is 11.7 Å². The molecule has 10 heteroatoms. The number of hydrogen-bond acceptors (Lipinski definition) is 7. The fourth-order valence-corrected chi connectivity index (χ4v) is 3.32. The average Bonchev–Trinajstić information content (AvgIpc) is 3.19. The summed E-state index contributed by atoms with van der Waals surface area (Å²) in [5.41, 5.74) is 3.93. The monoisotopic (exact) mass is 400 g/mol. The zero-order valence-corrected chi connectivity index (χ0v) is 17.2. The number of benzene rings is 1. The van der Waals surface area contributed by atoms with Gasteiger partial charge in [-0.1, -0.05) is 23.9 Å². The SMILES string of the molecule is Cc1cc(C)n(-c2nnc(SCC(=O)NCc3ccc(N(C)C)cc3)n2N)n1. The largest absolute Gasteiger partial charge is 0.378 e. The van der Waals surface area contributed by atoms with Crippen LogP contribution in [0.25, 0.3) is 5.95 Å². The Morgan fingerprint density at radius 2 is 1.93 bits per heavy atom. The Bertz CT molecular complexity index is 961. The van der Waals surface area contributed by atoms with Crippen LogP contribution in [-0.2, 0) is 11.3 Å². The molecule has 9 nitrogen and oxygen atoms in total. The number of nitrogens with zero attached hydrogens (tertiary/aromatic N) is 6. The van der Waals surface area contributed by atoms with Gasteiger partial charge in [-0.15, -0.1) is 10.2 Å². The minimum Gasteiger partial charge on any atom is -0.378 e. The average molecular weight is 401 g/mol. The molecule has 0 unspecified atom stereocenters. The van der Waals surface area contributed by atoms with E-state index in [2.05, 4.69) is 20.6 Å². The lowest BCUT2D eigenvalue weighted by Gasteiger charge is -2.12. The van der Waals surface area contributed by atoms with E-state index in [9.17, 15) is 4.79 Å². The Hall–Kier alpha value is -3.01. The van der Waals surface area contributed by atoms with Crippen molar-refractivity contribution in [2.45, 2.75) is 25.5 Å². The van der Waals surface area contributed by atoms with Crippen LogP contribution in [0.15, 0.2) is 35.5 Å². The van der Waals surface area contributed by atoms with E-state index in [1.54, 1.807) is 4.68 Å². The maximum absolute atomic E-state index is 12.2. The molecule has 28 heavy (non-hydrogen) atoms. The highest BCUT2D eigenvalue weighted by Crippen LogP contribution is 2.17. The van der Waals surface area contributed by atoms with Crippen LogP contribution in [0.5, 0.6) is 0 Å². The summed E-state index contributed by atoms with van der Waals surface area (Å²) in [5.74, 6) is 6.59. The summed E-state index contributed by atoms with van der Waals surface area (Å²) in [6, 6.07) is 9.97. The number of nitrogen functional groups attached to an aromatic ring is 1. The molecule has 2 heterocycles. The Balaban J connectivity index is 1.54. The van der Waals surface area contributed by atoms with E-state index in [1.807, 2.05) is 63.2 Å². The van der Waals surface area contributed by atoms with Crippen molar-refractivity contribution in [2.75, 3.05) is 30.6 Å². The summed E-state index contributed by atoms with van der Waals surface area (Å²) in [4.78, 5) is 14.2. The molecule has 0 saturated carbocycles. The third-order valence-corrected chi connectivity index (χ3v) is 5.06. The second-order valence-electron chi connectivity index (χ2n) is 6.62. The van der Waals surface area contributed by atoms with Crippen molar-refractivity contribution in [3.63, 3.8) is 0 Å². The minimum absolute atomic E-state index is 0.0997. The number of hydrogen-bond donors (Lipinski definition) is 2. The maximum Gasteiger partial charge on any atom is 0.271 e. The summed E-state index contributed by atoms with van der Waals surface area (Å²) >= 11 is 1.23. The van der Waals surface area contributed by atoms with Crippen LogP contribution in [0.2, 0.25) is 0 Å². The molecular weight excluding hydrogens is 376 g/mol. The zero-order chi connectivity index (χ0) is 20.3. The fourth-order valence-electron chi connectivity index (χ4n) is 2.64. The quantitative estimate of drug-likeness (QED) is 0.454. The molecule has 0 saturated heterocycles. The first-order valence-electron chi connectivity index (χ1n) is 8.75. The van der Waals surface area contributed by atoms with Gasteiger partial charge in [0.25, 0.3) is 5.95 Å². The fraction of sp³-hybridized carbons (Fsp3) is 0.333. The van der Waals surface area contributed by atoms with Crippen molar-refractivity contribution < 1.29 is 4.79 Å². The lowest BCUT2D eigenvalue weighted by atomic mass is 10.2. The second kappa shape index (κ2) is 8.34. The molecule has 0 fully saturated rings. The van der Waals surface area contributed by atoms with Gasteiger partial charge in [-0.3, -0.25) is 4.79 Å². The molecule has 3 rings (SSSR count). The Labute approximate surface area is 167 Å². The molecule has 0 spiro atoms. The smallest absolute Gasteiger partial charge is 0.271 e. The van der Waals surface area contributed by atoms with Gasteiger partial charge in [0, 0.05) is 32.0 Å². The lowest BCUT2D eigenvalue weighted by Crippen LogP contribution is -2.25. The van der Waals surface area contributed by atoms with Gasteiger partial charge in [0.2, 0.25) is 11.1 Å². The number of carbonyl (C=O) groups excluding carboxylic acids is 1. The third-order valence-electron chi connectivity index (χ3n) is 4.12. The summed E-state index contributed by atoms with van der Waals surface area (Å²) < 4.78 is 2.97. The first-order valence-corrected chi connectivity index (χ1v) is 9.73. The van der Waals surface area contributed by atoms with E-state index >= 15 is 0 Å². The van der Waals surface area contributed by atoms with E-state index in [0.717, 1.165) is 22.6 Å². The Morgan fingerprint density at radius 1 is 1.21 bits per heavy atom. The first-order chi connectivity index (χ1) is 13.3. The highest BCUT2D eigenvalue weighted by atomic mass is 32.2. The van der Waals surface area contributed by atoms with Gasteiger partial charge in [0.05, 0.1) is 11.4 Å². The van der Waals surface area contributed by atoms with Crippen LogP contribution in [0.4, 0.5) is 5.69 Å². The number of carbonyl (C=O) groups is 1. The number of anilines is 1. The first kappa shape index (κ1) is 19.7. The number of aryl methyl sites for hydroxylation is 2. The number of nitrogens with two attached hydrogens (primary N) is 1. The molecular formula is C18H24N8OS. The molecule has 0 radical (unpaired) electrons. The zero-order valence-electron chi connectivity index (χ0n) is 16.4. The summed E-state index contributed by atoms with van der Waals surface area (Å²) in [6.07, 6.45) is 0. The normalized spacial score (nSPS) is 10.9. The van der Waals surface area contributed by atoms with Gasteiger partial charge in [0.1, 0.15) is 0 Å². The molecule has 0 aliphatic rings. The van der Waals surface area contributed by atoms with E-state index in [4.69, 9.17) is 5.84 Å². The molecule has 0 aliphatic heterocycles. The molecule has 0 atom stereocenters. The van der Waals surface area contributed by atoms with Crippen LogP contribution in [0.1, 0.15) is 17.0 Å². The van der Waals surface area contributed by atoms with E-state index in [0.29, 0.717) is 17.6 Å². The Kier molecular flexibility index (Phi) is 5.88. The highest BCUT2D eigenvalue weighted by molar-refractivity contribution is 7.99. The van der Waals surface area contributed by atoms with Gasteiger partial charge in [0.15, 0.2) is 0 Å². The molecule has 1 amide bonds. The summed E-state index contributed by atoms with van der Waals surface area (Å²) in [7, 11) is 3.98.